The molecule has 0 saturated heterocycles. The molecule has 0 aliphatic rings. The average Bonchev–Trinajstić information content (AvgIpc) is 2.89. The molecule has 0 atom stereocenters. The first-order valence-electron chi connectivity index (χ1n) is 6.31. The summed E-state index contributed by atoms with van der Waals surface area (Å²) in [7, 11) is 0. The Bertz CT molecular complexity index is 576. The van der Waals surface area contributed by atoms with Crippen molar-refractivity contribution < 1.29 is 8.91 Å². The maximum absolute atomic E-state index is 13.7. The van der Waals surface area contributed by atoms with Gasteiger partial charge < -0.3 is 10.3 Å². The lowest BCUT2D eigenvalue weighted by molar-refractivity contribution is 0.268. The molecule has 0 bridgehead atoms. The molecule has 1 aromatic carbocycles. The Balaban J connectivity index is 0.00000220. The zero-order valence-corrected chi connectivity index (χ0v) is 12.4. The zero-order valence-electron chi connectivity index (χ0n) is 11.5. The molecule has 1 aromatic heterocycles. The van der Waals surface area contributed by atoms with E-state index in [1.54, 1.807) is 18.2 Å². The molecule has 21 heavy (non-hydrogen) atoms. The molecule has 5 nitrogen and oxygen atoms in total. The number of hydrogen-bond donors (Lipinski definition) is 1. The Morgan fingerprint density at radius 1 is 1.33 bits per heavy atom. The van der Waals surface area contributed by atoms with Crippen molar-refractivity contribution in [2.24, 2.45) is 5.73 Å². The minimum absolute atomic E-state index is 0. The summed E-state index contributed by atoms with van der Waals surface area (Å²) < 4.78 is 18.6. The molecule has 2 N–H and O–H groups in total. The number of rotatable bonds is 7. The van der Waals surface area contributed by atoms with Gasteiger partial charge in [-0.15, -0.1) is 19.0 Å². The Morgan fingerprint density at radius 2 is 2.10 bits per heavy atom. The van der Waals surface area contributed by atoms with Crippen LogP contribution in [0.5, 0.6) is 0 Å². The van der Waals surface area contributed by atoms with Gasteiger partial charge in [-0.3, -0.25) is 4.90 Å². The Morgan fingerprint density at radius 3 is 2.71 bits per heavy atom. The second-order valence-corrected chi connectivity index (χ2v) is 4.36. The standard InChI is InChI=1S/C14H17FN4O.ClH/c1-2-7-19(9-11-5-3-4-6-12(11)15)10-13-17-14(8-16)20-18-13;/h2-6H,1,7-10,16H2;1H. The van der Waals surface area contributed by atoms with Gasteiger partial charge in [-0.25, -0.2) is 4.39 Å². The van der Waals surface area contributed by atoms with Crippen LogP contribution in [0.2, 0.25) is 0 Å². The van der Waals surface area contributed by atoms with Crippen molar-refractivity contribution in [2.45, 2.75) is 19.6 Å². The van der Waals surface area contributed by atoms with E-state index in [4.69, 9.17) is 10.3 Å². The quantitative estimate of drug-likeness (QED) is 0.794. The highest BCUT2D eigenvalue weighted by Crippen LogP contribution is 2.12. The van der Waals surface area contributed by atoms with Gasteiger partial charge in [0.2, 0.25) is 5.89 Å². The van der Waals surface area contributed by atoms with Crippen LogP contribution < -0.4 is 5.73 Å². The lowest BCUT2D eigenvalue weighted by Crippen LogP contribution is -2.24. The topological polar surface area (TPSA) is 68.2 Å². The van der Waals surface area contributed by atoms with Crippen LogP contribution in [0.4, 0.5) is 4.39 Å². The molecule has 2 aromatic rings. The van der Waals surface area contributed by atoms with Crippen molar-refractivity contribution in [3.63, 3.8) is 0 Å². The molecule has 2 rings (SSSR count). The van der Waals surface area contributed by atoms with Crippen LogP contribution in [0.25, 0.3) is 0 Å². The second-order valence-electron chi connectivity index (χ2n) is 4.36. The maximum Gasteiger partial charge on any atom is 0.240 e. The molecule has 0 amide bonds. The van der Waals surface area contributed by atoms with Crippen LogP contribution >= 0.6 is 12.4 Å². The molecule has 0 unspecified atom stereocenters. The van der Waals surface area contributed by atoms with Crippen molar-refractivity contribution in [3.05, 3.63) is 60.0 Å². The number of halogens is 2. The first-order valence-corrected chi connectivity index (χ1v) is 6.31. The molecule has 0 saturated carbocycles. The highest BCUT2D eigenvalue weighted by Gasteiger charge is 2.12. The van der Waals surface area contributed by atoms with E-state index in [2.05, 4.69) is 16.7 Å². The number of aromatic nitrogens is 2. The van der Waals surface area contributed by atoms with Gasteiger partial charge in [-0.1, -0.05) is 29.4 Å². The third-order valence-electron chi connectivity index (χ3n) is 2.79. The molecule has 1 heterocycles. The van der Waals surface area contributed by atoms with E-state index < -0.39 is 0 Å². The highest BCUT2D eigenvalue weighted by molar-refractivity contribution is 5.85. The van der Waals surface area contributed by atoms with Crippen LogP contribution in [0, 0.1) is 5.82 Å². The van der Waals surface area contributed by atoms with Gasteiger partial charge in [0.15, 0.2) is 5.82 Å². The Kier molecular flexibility index (Phi) is 7.01. The molecule has 0 aliphatic heterocycles. The minimum atomic E-state index is -0.225. The molecular weight excluding hydrogens is 295 g/mol. The first kappa shape index (κ1) is 17.3. The normalized spacial score (nSPS) is 10.4. The smallest absolute Gasteiger partial charge is 0.240 e. The fraction of sp³-hybridized carbons (Fsp3) is 0.286. The Hall–Kier alpha value is -1.76. The number of nitrogens with two attached hydrogens (primary N) is 1. The van der Waals surface area contributed by atoms with Crippen LogP contribution in [0.1, 0.15) is 17.3 Å². The van der Waals surface area contributed by atoms with Gasteiger partial charge in [-0.05, 0) is 6.07 Å². The summed E-state index contributed by atoms with van der Waals surface area (Å²) in [6, 6.07) is 6.68. The molecule has 0 spiro atoms. The van der Waals surface area contributed by atoms with E-state index in [1.807, 2.05) is 11.0 Å². The van der Waals surface area contributed by atoms with Crippen molar-refractivity contribution in [3.8, 4) is 0 Å². The number of benzene rings is 1. The van der Waals surface area contributed by atoms with Crippen LogP contribution in [0.3, 0.4) is 0 Å². The lowest BCUT2D eigenvalue weighted by atomic mass is 10.2. The number of nitrogens with zero attached hydrogens (tertiary/aromatic N) is 3. The molecule has 7 heteroatoms. The van der Waals surface area contributed by atoms with Crippen molar-refractivity contribution in [1.82, 2.24) is 15.0 Å². The average molecular weight is 313 g/mol. The van der Waals surface area contributed by atoms with Gasteiger partial charge in [0.1, 0.15) is 5.82 Å². The minimum Gasteiger partial charge on any atom is -0.338 e. The first-order chi connectivity index (χ1) is 9.72. The second kappa shape index (κ2) is 8.51. The van der Waals surface area contributed by atoms with E-state index in [0.717, 1.165) is 0 Å². The van der Waals surface area contributed by atoms with Crippen LogP contribution in [-0.2, 0) is 19.6 Å². The van der Waals surface area contributed by atoms with E-state index in [-0.39, 0.29) is 24.8 Å². The van der Waals surface area contributed by atoms with E-state index in [0.29, 0.717) is 36.9 Å². The molecule has 0 aliphatic carbocycles. The zero-order chi connectivity index (χ0) is 14.4. The number of hydrogen-bond acceptors (Lipinski definition) is 5. The Labute approximate surface area is 129 Å². The summed E-state index contributed by atoms with van der Waals surface area (Å²) in [6.45, 7) is 5.41. The largest absolute Gasteiger partial charge is 0.338 e. The SMILES string of the molecule is C=CCN(Cc1noc(CN)n1)Cc1ccccc1F.Cl. The van der Waals surface area contributed by atoms with Crippen LogP contribution in [0.15, 0.2) is 41.4 Å². The summed E-state index contributed by atoms with van der Waals surface area (Å²) >= 11 is 0. The van der Waals surface area contributed by atoms with Crippen LogP contribution in [-0.4, -0.2) is 21.6 Å². The monoisotopic (exact) mass is 312 g/mol. The van der Waals surface area contributed by atoms with E-state index >= 15 is 0 Å². The van der Waals surface area contributed by atoms with Gasteiger partial charge in [-0.2, -0.15) is 4.98 Å². The van der Waals surface area contributed by atoms with Crippen molar-refractivity contribution in [2.75, 3.05) is 6.54 Å². The third-order valence-corrected chi connectivity index (χ3v) is 2.79. The predicted molar refractivity (Wildman–Crippen MR) is 80.1 cm³/mol. The highest BCUT2D eigenvalue weighted by atomic mass is 35.5. The molecule has 114 valence electrons. The summed E-state index contributed by atoms with van der Waals surface area (Å²) in [6.07, 6.45) is 1.75. The molecular formula is C14H18ClFN4O. The van der Waals surface area contributed by atoms with Gasteiger partial charge in [0.25, 0.3) is 0 Å². The summed E-state index contributed by atoms with van der Waals surface area (Å²) in [5, 5.41) is 3.84. The fourth-order valence-electron chi connectivity index (χ4n) is 1.87. The van der Waals surface area contributed by atoms with Crippen molar-refractivity contribution >= 4 is 12.4 Å². The van der Waals surface area contributed by atoms with E-state index in [1.165, 1.54) is 6.07 Å². The lowest BCUT2D eigenvalue weighted by Gasteiger charge is -2.19. The fourth-order valence-corrected chi connectivity index (χ4v) is 1.87. The van der Waals surface area contributed by atoms with Gasteiger partial charge in [0, 0.05) is 18.7 Å². The predicted octanol–water partition coefficient (Wildman–Crippen LogP) is 2.28. The van der Waals surface area contributed by atoms with Gasteiger partial charge in [0.05, 0.1) is 13.1 Å². The van der Waals surface area contributed by atoms with Gasteiger partial charge >= 0.3 is 0 Å². The summed E-state index contributed by atoms with van der Waals surface area (Å²) in [5.41, 5.74) is 6.04. The summed E-state index contributed by atoms with van der Waals surface area (Å²) in [5.74, 6) is 0.699. The van der Waals surface area contributed by atoms with Crippen molar-refractivity contribution in [1.29, 1.82) is 0 Å². The molecule has 0 radical (unpaired) electrons. The van der Waals surface area contributed by atoms with E-state index in [9.17, 15) is 4.39 Å². The summed E-state index contributed by atoms with van der Waals surface area (Å²) in [4.78, 5) is 6.11. The third kappa shape index (κ3) is 4.93. The maximum atomic E-state index is 13.7. The molecule has 0 fully saturated rings.